The van der Waals surface area contributed by atoms with Crippen LogP contribution in [0.15, 0.2) is 48.5 Å². The lowest BCUT2D eigenvalue weighted by Gasteiger charge is -2.07. The summed E-state index contributed by atoms with van der Waals surface area (Å²) in [6.45, 7) is 0.838. The molecular weight excluding hydrogens is 328 g/mol. The van der Waals surface area contributed by atoms with Crippen molar-refractivity contribution in [2.24, 2.45) is 0 Å². The van der Waals surface area contributed by atoms with Crippen LogP contribution in [0.2, 0.25) is 0 Å². The summed E-state index contributed by atoms with van der Waals surface area (Å²) in [5.41, 5.74) is 0.398. The van der Waals surface area contributed by atoms with E-state index in [4.69, 9.17) is 24.7 Å². The van der Waals surface area contributed by atoms with Crippen molar-refractivity contribution in [3.05, 3.63) is 59.7 Å². The van der Waals surface area contributed by atoms with Crippen LogP contribution in [0.25, 0.3) is 0 Å². The molecule has 0 aliphatic heterocycles. The van der Waals surface area contributed by atoms with Gasteiger partial charge in [0.15, 0.2) is 5.75 Å². The highest BCUT2D eigenvalue weighted by Crippen LogP contribution is 2.14. The van der Waals surface area contributed by atoms with E-state index in [-0.39, 0.29) is 11.1 Å². The Morgan fingerprint density at radius 1 is 0.720 bits per heavy atom. The third-order valence-electron chi connectivity index (χ3n) is 3.25. The van der Waals surface area contributed by atoms with E-state index in [2.05, 4.69) is 0 Å². The topological polar surface area (TPSA) is 102 Å². The lowest BCUT2D eigenvalue weighted by atomic mass is 10.2. The highest BCUT2D eigenvalue weighted by atomic mass is 17.2. The highest BCUT2D eigenvalue weighted by molar-refractivity contribution is 5.88. The largest absolute Gasteiger partial charge is 0.494 e. The summed E-state index contributed by atoms with van der Waals surface area (Å²) in [5, 5.41) is 17.6. The molecule has 2 aromatic rings. The van der Waals surface area contributed by atoms with E-state index in [1.165, 1.54) is 36.4 Å². The molecule has 0 aliphatic carbocycles. The smallest absolute Gasteiger partial charge is 0.335 e. The minimum atomic E-state index is -0.995. The molecule has 0 unspecified atom stereocenters. The van der Waals surface area contributed by atoms with Crippen molar-refractivity contribution in [1.82, 2.24) is 0 Å². The Balaban J connectivity index is 1.57. The summed E-state index contributed by atoms with van der Waals surface area (Å²) in [5.74, 6) is -0.924. The maximum Gasteiger partial charge on any atom is 0.335 e. The van der Waals surface area contributed by atoms with Crippen LogP contribution in [-0.2, 0) is 4.89 Å². The fraction of sp³-hybridized carbons (Fsp3) is 0.222. The number of carbonyl (C=O) groups is 2. The molecule has 132 valence electrons. The van der Waals surface area contributed by atoms with E-state index in [9.17, 15) is 9.59 Å². The van der Waals surface area contributed by atoms with Gasteiger partial charge in [0.25, 0.3) is 0 Å². The van der Waals surface area contributed by atoms with E-state index in [1.807, 2.05) is 0 Å². The molecule has 7 heteroatoms. The second-order valence-electron chi connectivity index (χ2n) is 5.12. The number of unbranched alkanes of at least 4 members (excludes halogenated alkanes) is 1. The average Bonchev–Trinajstić information content (AvgIpc) is 2.61. The normalized spacial score (nSPS) is 10.2. The third-order valence-corrected chi connectivity index (χ3v) is 3.25. The Kier molecular flexibility index (Phi) is 6.79. The van der Waals surface area contributed by atoms with Crippen molar-refractivity contribution in [2.45, 2.75) is 12.8 Å². The second-order valence-corrected chi connectivity index (χ2v) is 5.12. The van der Waals surface area contributed by atoms with Crippen LogP contribution in [0.5, 0.6) is 11.5 Å². The molecule has 0 aromatic heterocycles. The maximum absolute atomic E-state index is 10.7. The first-order chi connectivity index (χ1) is 12.1. The number of benzene rings is 2. The van der Waals surface area contributed by atoms with Crippen molar-refractivity contribution in [2.75, 3.05) is 13.2 Å². The minimum absolute atomic E-state index is 0.181. The molecule has 0 bridgehead atoms. The molecule has 0 amide bonds. The summed E-state index contributed by atoms with van der Waals surface area (Å²) < 4.78 is 5.50. The molecule has 0 saturated carbocycles. The summed E-state index contributed by atoms with van der Waals surface area (Å²) >= 11 is 0. The van der Waals surface area contributed by atoms with Gasteiger partial charge in [-0.25, -0.2) is 9.59 Å². The van der Waals surface area contributed by atoms with Crippen LogP contribution >= 0.6 is 0 Å². The Morgan fingerprint density at radius 3 is 1.72 bits per heavy atom. The van der Waals surface area contributed by atoms with Crippen LogP contribution in [-0.4, -0.2) is 35.4 Å². The fourth-order valence-electron chi connectivity index (χ4n) is 1.91. The van der Waals surface area contributed by atoms with Gasteiger partial charge in [-0.1, -0.05) is 0 Å². The van der Waals surface area contributed by atoms with Crippen LogP contribution in [0, 0.1) is 0 Å². The maximum atomic E-state index is 10.7. The van der Waals surface area contributed by atoms with E-state index in [1.54, 1.807) is 12.1 Å². The van der Waals surface area contributed by atoms with Gasteiger partial charge in [0, 0.05) is 0 Å². The number of rotatable bonds is 10. The molecule has 7 nitrogen and oxygen atoms in total. The molecule has 0 radical (unpaired) electrons. The van der Waals surface area contributed by atoms with Gasteiger partial charge in [-0.15, -0.1) is 0 Å². The Hall–Kier alpha value is -3.06. The number of aromatic carboxylic acids is 2. The van der Waals surface area contributed by atoms with Gasteiger partial charge in [-0.3, -0.25) is 0 Å². The Bertz CT molecular complexity index is 631. The zero-order valence-corrected chi connectivity index (χ0v) is 13.4. The van der Waals surface area contributed by atoms with Gasteiger partial charge in [0.1, 0.15) is 5.75 Å². The van der Waals surface area contributed by atoms with Gasteiger partial charge >= 0.3 is 11.9 Å². The van der Waals surface area contributed by atoms with E-state index >= 15 is 0 Å². The summed E-state index contributed by atoms with van der Waals surface area (Å²) in [4.78, 5) is 31.5. The predicted molar refractivity (Wildman–Crippen MR) is 88.1 cm³/mol. The number of hydrogen-bond donors (Lipinski definition) is 2. The van der Waals surface area contributed by atoms with Crippen LogP contribution in [0.4, 0.5) is 0 Å². The Morgan fingerprint density at radius 2 is 1.20 bits per heavy atom. The van der Waals surface area contributed by atoms with Gasteiger partial charge in [-0.2, -0.15) is 4.89 Å². The van der Waals surface area contributed by atoms with E-state index in [0.29, 0.717) is 31.1 Å². The van der Waals surface area contributed by atoms with Crippen LogP contribution in [0.3, 0.4) is 0 Å². The first-order valence-corrected chi connectivity index (χ1v) is 7.65. The molecular formula is C18H18O7. The van der Waals surface area contributed by atoms with Crippen LogP contribution in [0.1, 0.15) is 33.6 Å². The zero-order valence-electron chi connectivity index (χ0n) is 13.4. The molecule has 0 saturated heterocycles. The quantitative estimate of drug-likeness (QED) is 0.387. The number of ether oxygens (including phenoxy) is 1. The first kappa shape index (κ1) is 18.3. The SMILES string of the molecule is O=C(O)c1ccc(OCCCCOOc2ccc(C(=O)O)cc2)cc1. The van der Waals surface area contributed by atoms with E-state index in [0.717, 1.165) is 6.42 Å². The number of carboxylic acids is 2. The lowest BCUT2D eigenvalue weighted by molar-refractivity contribution is -0.207. The van der Waals surface area contributed by atoms with Crippen molar-refractivity contribution >= 4 is 11.9 Å². The standard InChI is InChI=1S/C18H18O7/c19-17(20)13-3-7-15(8-4-13)23-11-1-2-12-24-25-16-9-5-14(6-10-16)18(21)22/h3-10H,1-2,11-12H2,(H,19,20)(H,21,22). The summed E-state index contributed by atoms with van der Waals surface area (Å²) in [6, 6.07) is 12.1. The van der Waals surface area contributed by atoms with Gasteiger partial charge in [0.05, 0.1) is 24.3 Å². The highest BCUT2D eigenvalue weighted by Gasteiger charge is 2.03. The van der Waals surface area contributed by atoms with Crippen LogP contribution < -0.4 is 9.62 Å². The van der Waals surface area contributed by atoms with Gasteiger partial charge in [-0.05, 0) is 61.4 Å². The molecule has 0 atom stereocenters. The summed E-state index contributed by atoms with van der Waals surface area (Å²) in [7, 11) is 0. The molecule has 0 spiro atoms. The minimum Gasteiger partial charge on any atom is -0.494 e. The lowest BCUT2D eigenvalue weighted by Crippen LogP contribution is -2.04. The van der Waals surface area contributed by atoms with Crippen molar-refractivity contribution in [1.29, 1.82) is 0 Å². The average molecular weight is 346 g/mol. The number of hydrogen-bond acceptors (Lipinski definition) is 5. The monoisotopic (exact) mass is 346 g/mol. The third kappa shape index (κ3) is 6.15. The summed E-state index contributed by atoms with van der Waals surface area (Å²) in [6.07, 6.45) is 1.45. The number of carboxylic acid groups (broad SMARTS) is 2. The van der Waals surface area contributed by atoms with Gasteiger partial charge in [0.2, 0.25) is 0 Å². The molecule has 2 N–H and O–H groups in total. The van der Waals surface area contributed by atoms with E-state index < -0.39 is 11.9 Å². The molecule has 2 aromatic carbocycles. The molecule has 0 aliphatic rings. The second kappa shape index (κ2) is 9.29. The first-order valence-electron chi connectivity index (χ1n) is 7.65. The molecule has 0 fully saturated rings. The predicted octanol–water partition coefficient (Wildman–Crippen LogP) is 3.25. The van der Waals surface area contributed by atoms with Crippen molar-refractivity contribution in [3.8, 4) is 11.5 Å². The van der Waals surface area contributed by atoms with Gasteiger partial charge < -0.3 is 19.8 Å². The molecule has 2 rings (SSSR count). The molecule has 0 heterocycles. The Labute approximate surface area is 144 Å². The fourth-order valence-corrected chi connectivity index (χ4v) is 1.91. The molecule has 25 heavy (non-hydrogen) atoms. The zero-order chi connectivity index (χ0) is 18.1. The van der Waals surface area contributed by atoms with Crippen molar-refractivity contribution < 1.29 is 34.3 Å². The van der Waals surface area contributed by atoms with Crippen molar-refractivity contribution in [3.63, 3.8) is 0 Å².